The zero-order valence-corrected chi connectivity index (χ0v) is 13.9. The number of thiazole rings is 1. The van der Waals surface area contributed by atoms with Gasteiger partial charge in [0.25, 0.3) is 0 Å². The van der Waals surface area contributed by atoms with Crippen LogP contribution in [0, 0.1) is 6.92 Å². The summed E-state index contributed by atoms with van der Waals surface area (Å²) in [5, 5.41) is 17.5. The van der Waals surface area contributed by atoms with Crippen LogP contribution >= 0.6 is 11.3 Å². The molecule has 0 fully saturated rings. The predicted octanol–water partition coefficient (Wildman–Crippen LogP) is 2.47. The SMILES string of the molecule is Cc1ncc(CNC(=O)NCC2(O)CCCc3ccccc32)s1. The second-order valence-corrected chi connectivity index (χ2v) is 7.24. The van der Waals surface area contributed by atoms with Crippen LogP contribution in [0.3, 0.4) is 0 Å². The molecule has 2 amide bonds. The molecule has 1 aromatic heterocycles. The van der Waals surface area contributed by atoms with Crippen molar-refractivity contribution < 1.29 is 9.90 Å². The number of carbonyl (C=O) groups is 1. The zero-order chi connectivity index (χ0) is 16.3. The quantitative estimate of drug-likeness (QED) is 0.806. The summed E-state index contributed by atoms with van der Waals surface area (Å²) in [5.41, 5.74) is 1.13. The number of nitrogens with zero attached hydrogens (tertiary/aromatic N) is 1. The monoisotopic (exact) mass is 331 g/mol. The summed E-state index contributed by atoms with van der Waals surface area (Å²) in [6, 6.07) is 7.65. The van der Waals surface area contributed by atoms with Crippen LogP contribution in [0.15, 0.2) is 30.5 Å². The summed E-state index contributed by atoms with van der Waals surface area (Å²) in [7, 11) is 0. The Labute approximate surface area is 139 Å². The van der Waals surface area contributed by atoms with E-state index in [1.165, 1.54) is 5.56 Å². The first-order valence-electron chi connectivity index (χ1n) is 7.81. The smallest absolute Gasteiger partial charge is 0.315 e. The maximum absolute atomic E-state index is 12.0. The van der Waals surface area contributed by atoms with Crippen molar-refractivity contribution >= 4 is 17.4 Å². The van der Waals surface area contributed by atoms with Crippen LogP contribution in [0.2, 0.25) is 0 Å². The van der Waals surface area contributed by atoms with Gasteiger partial charge in [-0.1, -0.05) is 24.3 Å². The Hall–Kier alpha value is -1.92. The van der Waals surface area contributed by atoms with E-state index >= 15 is 0 Å². The number of aryl methyl sites for hydroxylation is 2. The Morgan fingerprint density at radius 2 is 2.22 bits per heavy atom. The van der Waals surface area contributed by atoms with Crippen LogP contribution in [-0.4, -0.2) is 22.7 Å². The van der Waals surface area contributed by atoms with Crippen molar-refractivity contribution in [3.63, 3.8) is 0 Å². The van der Waals surface area contributed by atoms with Crippen molar-refractivity contribution in [3.05, 3.63) is 51.5 Å². The number of hydrogen-bond donors (Lipinski definition) is 3. The van der Waals surface area contributed by atoms with Crippen molar-refractivity contribution in [2.75, 3.05) is 6.54 Å². The highest BCUT2D eigenvalue weighted by Gasteiger charge is 2.34. The summed E-state index contributed by atoms with van der Waals surface area (Å²) in [6.45, 7) is 2.61. The van der Waals surface area contributed by atoms with Crippen LogP contribution < -0.4 is 10.6 Å². The molecule has 0 radical (unpaired) electrons. The third-order valence-electron chi connectivity index (χ3n) is 4.19. The first kappa shape index (κ1) is 16.0. The molecule has 6 heteroatoms. The average Bonchev–Trinajstić information content (AvgIpc) is 2.97. The molecular weight excluding hydrogens is 310 g/mol. The molecule has 0 aliphatic heterocycles. The molecule has 23 heavy (non-hydrogen) atoms. The molecule has 122 valence electrons. The molecule has 3 rings (SSSR count). The molecule has 0 bridgehead atoms. The van der Waals surface area contributed by atoms with Gasteiger partial charge in [-0.15, -0.1) is 11.3 Å². The molecule has 2 aromatic rings. The lowest BCUT2D eigenvalue weighted by Gasteiger charge is -2.34. The molecule has 0 saturated heterocycles. The van der Waals surface area contributed by atoms with Crippen molar-refractivity contribution in [1.29, 1.82) is 0 Å². The Morgan fingerprint density at radius 1 is 1.39 bits per heavy atom. The molecule has 1 aliphatic carbocycles. The van der Waals surface area contributed by atoms with Gasteiger partial charge in [-0.05, 0) is 37.3 Å². The molecule has 1 heterocycles. The highest BCUT2D eigenvalue weighted by molar-refractivity contribution is 7.11. The minimum absolute atomic E-state index is 0.220. The molecule has 0 spiro atoms. The number of urea groups is 1. The number of fused-ring (bicyclic) bond motifs is 1. The molecule has 1 unspecified atom stereocenters. The van der Waals surface area contributed by atoms with Gasteiger partial charge in [0.1, 0.15) is 5.60 Å². The first-order chi connectivity index (χ1) is 11.1. The third kappa shape index (κ3) is 3.71. The maximum Gasteiger partial charge on any atom is 0.315 e. The Morgan fingerprint density at radius 3 is 3.00 bits per heavy atom. The van der Waals surface area contributed by atoms with E-state index in [0.717, 1.165) is 28.3 Å². The Bertz CT molecular complexity index is 701. The molecule has 1 aliphatic rings. The number of hydrogen-bond acceptors (Lipinski definition) is 4. The first-order valence-corrected chi connectivity index (χ1v) is 8.62. The summed E-state index contributed by atoms with van der Waals surface area (Å²) in [4.78, 5) is 17.1. The van der Waals surface area contributed by atoms with Gasteiger partial charge in [-0.2, -0.15) is 0 Å². The van der Waals surface area contributed by atoms with Crippen LogP contribution in [-0.2, 0) is 18.6 Å². The molecule has 1 aromatic carbocycles. The van der Waals surface area contributed by atoms with E-state index in [1.807, 2.05) is 31.2 Å². The average molecular weight is 331 g/mol. The Kier molecular flexibility index (Phi) is 4.63. The van der Waals surface area contributed by atoms with Crippen molar-refractivity contribution in [1.82, 2.24) is 15.6 Å². The van der Waals surface area contributed by atoms with Crippen molar-refractivity contribution in [2.24, 2.45) is 0 Å². The lowest BCUT2D eigenvalue weighted by molar-refractivity contribution is 0.0217. The van der Waals surface area contributed by atoms with E-state index < -0.39 is 5.60 Å². The van der Waals surface area contributed by atoms with Gasteiger partial charge >= 0.3 is 6.03 Å². The minimum Gasteiger partial charge on any atom is -0.383 e. The van der Waals surface area contributed by atoms with E-state index in [-0.39, 0.29) is 12.6 Å². The second-order valence-electron chi connectivity index (χ2n) is 5.92. The molecular formula is C17H21N3O2S. The van der Waals surface area contributed by atoms with Gasteiger partial charge in [0.15, 0.2) is 0 Å². The summed E-state index contributed by atoms with van der Waals surface area (Å²) in [5.74, 6) is 0. The summed E-state index contributed by atoms with van der Waals surface area (Å²) >= 11 is 1.56. The van der Waals surface area contributed by atoms with Gasteiger partial charge in [0, 0.05) is 11.1 Å². The van der Waals surface area contributed by atoms with Gasteiger partial charge in [-0.25, -0.2) is 9.78 Å². The van der Waals surface area contributed by atoms with Crippen LogP contribution in [0.4, 0.5) is 4.79 Å². The normalized spacial score (nSPS) is 19.9. The van der Waals surface area contributed by atoms with Crippen molar-refractivity contribution in [3.8, 4) is 0 Å². The standard InChI is InChI=1S/C17H21N3O2S/c1-12-18-9-14(23-12)10-19-16(21)20-11-17(22)8-4-6-13-5-2-3-7-15(13)17/h2-3,5,7,9,22H,4,6,8,10-11H2,1H3,(H2,19,20,21). The van der Waals surface area contributed by atoms with Crippen molar-refractivity contribution in [2.45, 2.75) is 38.3 Å². The fourth-order valence-electron chi connectivity index (χ4n) is 3.03. The Balaban J connectivity index is 1.56. The molecule has 1 atom stereocenters. The van der Waals surface area contributed by atoms with Gasteiger partial charge in [-0.3, -0.25) is 0 Å². The lowest BCUT2D eigenvalue weighted by atomic mass is 9.79. The lowest BCUT2D eigenvalue weighted by Crippen LogP contribution is -2.46. The fraction of sp³-hybridized carbons (Fsp3) is 0.412. The van der Waals surface area contributed by atoms with Crippen LogP contribution in [0.25, 0.3) is 0 Å². The van der Waals surface area contributed by atoms with E-state index in [2.05, 4.69) is 15.6 Å². The molecule has 5 nitrogen and oxygen atoms in total. The van der Waals surface area contributed by atoms with E-state index in [0.29, 0.717) is 13.0 Å². The topological polar surface area (TPSA) is 74.2 Å². The van der Waals surface area contributed by atoms with Gasteiger partial charge in [0.2, 0.25) is 0 Å². The fourth-order valence-corrected chi connectivity index (χ4v) is 3.76. The van der Waals surface area contributed by atoms with Gasteiger partial charge in [0.05, 0.1) is 18.1 Å². The summed E-state index contributed by atoms with van der Waals surface area (Å²) in [6.07, 6.45) is 4.34. The minimum atomic E-state index is -0.979. The maximum atomic E-state index is 12.0. The zero-order valence-electron chi connectivity index (χ0n) is 13.1. The third-order valence-corrected chi connectivity index (χ3v) is 5.10. The number of aliphatic hydroxyl groups is 1. The number of amides is 2. The number of aromatic nitrogens is 1. The van der Waals surface area contributed by atoms with E-state index in [4.69, 9.17) is 0 Å². The molecule has 3 N–H and O–H groups in total. The second kappa shape index (κ2) is 6.68. The van der Waals surface area contributed by atoms with E-state index in [9.17, 15) is 9.90 Å². The van der Waals surface area contributed by atoms with Crippen LogP contribution in [0.5, 0.6) is 0 Å². The molecule has 0 saturated carbocycles. The summed E-state index contributed by atoms with van der Waals surface area (Å²) < 4.78 is 0. The number of carbonyl (C=O) groups excluding carboxylic acids is 1. The van der Waals surface area contributed by atoms with Crippen LogP contribution in [0.1, 0.15) is 33.9 Å². The number of rotatable bonds is 4. The number of nitrogens with one attached hydrogen (secondary N) is 2. The predicted molar refractivity (Wildman–Crippen MR) is 90.4 cm³/mol. The van der Waals surface area contributed by atoms with Gasteiger partial charge < -0.3 is 15.7 Å². The van der Waals surface area contributed by atoms with E-state index in [1.54, 1.807) is 17.5 Å². The highest BCUT2D eigenvalue weighted by atomic mass is 32.1. The highest BCUT2D eigenvalue weighted by Crippen LogP contribution is 2.34. The largest absolute Gasteiger partial charge is 0.383 e. The number of benzene rings is 1.